The van der Waals surface area contributed by atoms with Crippen LogP contribution in [0, 0.1) is 0 Å². The second-order valence-electron chi connectivity index (χ2n) is 4.75. The van der Waals surface area contributed by atoms with Crippen molar-refractivity contribution in [3.05, 3.63) is 23.8 Å². The molecule has 1 aromatic rings. The third kappa shape index (κ3) is 3.39. The van der Waals surface area contributed by atoms with Crippen LogP contribution < -0.4 is 14.8 Å². The van der Waals surface area contributed by atoms with E-state index in [9.17, 15) is 0 Å². The van der Waals surface area contributed by atoms with Crippen LogP contribution in [-0.4, -0.2) is 33.4 Å². The van der Waals surface area contributed by atoms with Crippen molar-refractivity contribution in [3.8, 4) is 11.5 Å². The van der Waals surface area contributed by atoms with Gasteiger partial charge in [-0.15, -0.1) is 0 Å². The molecular formula is C15H23NO3. The molecule has 0 radical (unpaired) electrons. The lowest BCUT2D eigenvalue weighted by Crippen LogP contribution is -2.35. The highest BCUT2D eigenvalue weighted by Crippen LogP contribution is 2.36. The zero-order chi connectivity index (χ0) is 13.7. The van der Waals surface area contributed by atoms with Crippen molar-refractivity contribution >= 4 is 0 Å². The first-order valence-corrected chi connectivity index (χ1v) is 6.85. The molecule has 0 aromatic heterocycles. The van der Waals surface area contributed by atoms with Gasteiger partial charge in [-0.05, 0) is 31.5 Å². The molecule has 0 bridgehead atoms. The predicted octanol–water partition coefficient (Wildman–Crippen LogP) is 2.53. The van der Waals surface area contributed by atoms with Gasteiger partial charge in [0.25, 0.3) is 0 Å². The molecule has 4 heteroatoms. The van der Waals surface area contributed by atoms with Crippen LogP contribution in [0.25, 0.3) is 0 Å². The monoisotopic (exact) mass is 265 g/mol. The summed E-state index contributed by atoms with van der Waals surface area (Å²) in [5.74, 6) is 1.64. The van der Waals surface area contributed by atoms with E-state index in [1.54, 1.807) is 14.2 Å². The van der Waals surface area contributed by atoms with Gasteiger partial charge in [0.05, 0.1) is 20.3 Å². The number of hydrogen-bond donors (Lipinski definition) is 1. The van der Waals surface area contributed by atoms with Gasteiger partial charge in [0, 0.05) is 24.3 Å². The Kier molecular flexibility index (Phi) is 5.05. The zero-order valence-electron chi connectivity index (χ0n) is 11.9. The molecule has 0 aliphatic carbocycles. The van der Waals surface area contributed by atoms with Gasteiger partial charge in [-0.25, -0.2) is 0 Å². The Morgan fingerprint density at radius 3 is 2.84 bits per heavy atom. The average molecular weight is 265 g/mol. The molecule has 106 valence electrons. The molecule has 19 heavy (non-hydrogen) atoms. The predicted molar refractivity (Wildman–Crippen MR) is 74.9 cm³/mol. The Morgan fingerprint density at radius 2 is 2.16 bits per heavy atom. The second kappa shape index (κ2) is 6.78. The van der Waals surface area contributed by atoms with Gasteiger partial charge in [-0.2, -0.15) is 0 Å². The van der Waals surface area contributed by atoms with E-state index in [1.165, 1.54) is 0 Å². The molecule has 0 saturated carbocycles. The highest BCUT2D eigenvalue weighted by Gasteiger charge is 2.25. The van der Waals surface area contributed by atoms with Gasteiger partial charge in [-0.3, -0.25) is 0 Å². The number of rotatable bonds is 5. The van der Waals surface area contributed by atoms with Crippen molar-refractivity contribution in [3.63, 3.8) is 0 Å². The van der Waals surface area contributed by atoms with Crippen molar-refractivity contribution in [1.29, 1.82) is 0 Å². The average Bonchev–Trinajstić information content (AvgIpc) is 2.47. The number of methoxy groups -OCH3 is 2. The number of benzene rings is 1. The Balaban J connectivity index is 2.16. The number of nitrogens with one attached hydrogen (secondary N) is 1. The summed E-state index contributed by atoms with van der Waals surface area (Å²) in [6, 6.07) is 6.43. The molecule has 2 rings (SSSR count). The highest BCUT2D eigenvalue weighted by molar-refractivity contribution is 5.42. The molecular weight excluding hydrogens is 242 g/mol. The minimum atomic E-state index is 0.0960. The Labute approximate surface area is 115 Å². The third-order valence-electron chi connectivity index (χ3n) is 3.56. The lowest BCUT2D eigenvalue weighted by Gasteiger charge is -2.31. The molecule has 1 heterocycles. The molecule has 1 aliphatic rings. The van der Waals surface area contributed by atoms with E-state index in [0.29, 0.717) is 6.04 Å². The standard InChI is InChI=1S/C15H23NO3/c1-4-16-11-7-8-19-15(9-11)13-6-5-12(17-2)10-14(13)18-3/h5-6,10-11,15-16H,4,7-9H2,1-3H3. The van der Waals surface area contributed by atoms with E-state index in [-0.39, 0.29) is 6.10 Å². The molecule has 1 saturated heterocycles. The molecule has 0 amide bonds. The summed E-state index contributed by atoms with van der Waals surface area (Å²) in [7, 11) is 3.34. The third-order valence-corrected chi connectivity index (χ3v) is 3.56. The van der Waals surface area contributed by atoms with Crippen LogP contribution >= 0.6 is 0 Å². The van der Waals surface area contributed by atoms with Crippen molar-refractivity contribution in [2.24, 2.45) is 0 Å². The van der Waals surface area contributed by atoms with Crippen molar-refractivity contribution in [2.75, 3.05) is 27.4 Å². The quantitative estimate of drug-likeness (QED) is 0.888. The first-order chi connectivity index (χ1) is 9.28. The molecule has 2 unspecified atom stereocenters. The maximum absolute atomic E-state index is 5.90. The number of ether oxygens (including phenoxy) is 3. The maximum atomic E-state index is 5.90. The van der Waals surface area contributed by atoms with Gasteiger partial charge in [0.1, 0.15) is 11.5 Å². The van der Waals surface area contributed by atoms with E-state index >= 15 is 0 Å². The first kappa shape index (κ1) is 14.2. The smallest absolute Gasteiger partial charge is 0.128 e. The summed E-state index contributed by atoms with van der Waals surface area (Å²) in [6.07, 6.45) is 2.15. The molecule has 1 fully saturated rings. The van der Waals surface area contributed by atoms with Crippen LogP contribution in [0.5, 0.6) is 11.5 Å². The van der Waals surface area contributed by atoms with E-state index in [0.717, 1.165) is 43.1 Å². The minimum absolute atomic E-state index is 0.0960. The van der Waals surface area contributed by atoms with Crippen LogP contribution in [0.1, 0.15) is 31.4 Å². The Bertz CT molecular complexity index is 406. The lowest BCUT2D eigenvalue weighted by molar-refractivity contribution is -0.000642. The van der Waals surface area contributed by atoms with E-state index in [1.807, 2.05) is 18.2 Å². The van der Waals surface area contributed by atoms with Crippen LogP contribution in [0.2, 0.25) is 0 Å². The summed E-state index contributed by atoms with van der Waals surface area (Å²) in [5, 5.41) is 3.50. The van der Waals surface area contributed by atoms with Gasteiger partial charge >= 0.3 is 0 Å². The minimum Gasteiger partial charge on any atom is -0.497 e. The fourth-order valence-electron chi connectivity index (χ4n) is 2.57. The van der Waals surface area contributed by atoms with Crippen LogP contribution in [0.3, 0.4) is 0 Å². The van der Waals surface area contributed by atoms with Crippen molar-refractivity contribution < 1.29 is 14.2 Å². The number of hydrogen-bond acceptors (Lipinski definition) is 4. The fourth-order valence-corrected chi connectivity index (χ4v) is 2.57. The van der Waals surface area contributed by atoms with Crippen LogP contribution in [-0.2, 0) is 4.74 Å². The highest BCUT2D eigenvalue weighted by atomic mass is 16.5. The summed E-state index contributed by atoms with van der Waals surface area (Å²) in [4.78, 5) is 0. The van der Waals surface area contributed by atoms with Gasteiger partial charge < -0.3 is 19.5 Å². The SMILES string of the molecule is CCNC1CCOC(c2ccc(OC)cc2OC)C1. The van der Waals surface area contributed by atoms with E-state index < -0.39 is 0 Å². The molecule has 1 aliphatic heterocycles. The summed E-state index contributed by atoms with van der Waals surface area (Å²) in [5.41, 5.74) is 1.10. The zero-order valence-corrected chi connectivity index (χ0v) is 11.9. The van der Waals surface area contributed by atoms with Crippen LogP contribution in [0.15, 0.2) is 18.2 Å². The van der Waals surface area contributed by atoms with E-state index in [4.69, 9.17) is 14.2 Å². The molecule has 2 atom stereocenters. The molecule has 4 nitrogen and oxygen atoms in total. The molecule has 1 N–H and O–H groups in total. The lowest BCUT2D eigenvalue weighted by atomic mass is 9.96. The van der Waals surface area contributed by atoms with Gasteiger partial charge in [0.15, 0.2) is 0 Å². The van der Waals surface area contributed by atoms with Crippen LogP contribution in [0.4, 0.5) is 0 Å². The molecule has 1 aromatic carbocycles. The summed E-state index contributed by atoms with van der Waals surface area (Å²) in [6.45, 7) is 3.92. The summed E-state index contributed by atoms with van der Waals surface area (Å²) < 4.78 is 16.6. The molecule has 0 spiro atoms. The first-order valence-electron chi connectivity index (χ1n) is 6.85. The second-order valence-corrected chi connectivity index (χ2v) is 4.75. The van der Waals surface area contributed by atoms with Crippen molar-refractivity contribution in [1.82, 2.24) is 5.32 Å². The van der Waals surface area contributed by atoms with Gasteiger partial charge in [-0.1, -0.05) is 6.92 Å². The van der Waals surface area contributed by atoms with Crippen molar-refractivity contribution in [2.45, 2.75) is 31.9 Å². The van der Waals surface area contributed by atoms with Gasteiger partial charge in [0.2, 0.25) is 0 Å². The topological polar surface area (TPSA) is 39.7 Å². The maximum Gasteiger partial charge on any atom is 0.128 e. The summed E-state index contributed by atoms with van der Waals surface area (Å²) >= 11 is 0. The Hall–Kier alpha value is -1.26. The fraction of sp³-hybridized carbons (Fsp3) is 0.600. The largest absolute Gasteiger partial charge is 0.497 e. The normalized spacial score (nSPS) is 23.1. The van der Waals surface area contributed by atoms with E-state index in [2.05, 4.69) is 12.2 Å². The Morgan fingerprint density at radius 1 is 1.32 bits per heavy atom.